The number of alkyl halides is 3. The van der Waals surface area contributed by atoms with Crippen molar-refractivity contribution in [2.24, 2.45) is 5.92 Å². The lowest BCUT2D eigenvalue weighted by molar-refractivity contribution is -0.123. The summed E-state index contributed by atoms with van der Waals surface area (Å²) in [4.78, 5) is 13.4. The summed E-state index contributed by atoms with van der Waals surface area (Å²) in [6.45, 7) is 1.36. The number of nitrogens with zero attached hydrogens (tertiary/aromatic N) is 1. The molecule has 4 nitrogen and oxygen atoms in total. The zero-order valence-corrected chi connectivity index (χ0v) is 11.3. The first-order valence-electron chi connectivity index (χ1n) is 6.45. The van der Waals surface area contributed by atoms with Gasteiger partial charge in [0.25, 0.3) is 0 Å². The van der Waals surface area contributed by atoms with E-state index in [1.807, 2.05) is 12.2 Å². The van der Waals surface area contributed by atoms with Crippen molar-refractivity contribution < 1.29 is 22.7 Å². The van der Waals surface area contributed by atoms with Crippen molar-refractivity contribution in [1.82, 2.24) is 10.2 Å². The van der Waals surface area contributed by atoms with E-state index in [0.29, 0.717) is 19.1 Å². The van der Waals surface area contributed by atoms with Crippen LogP contribution in [0.1, 0.15) is 26.2 Å². The topological polar surface area (TPSA) is 41.6 Å². The van der Waals surface area contributed by atoms with E-state index in [9.17, 15) is 18.0 Å². The van der Waals surface area contributed by atoms with E-state index >= 15 is 0 Å². The van der Waals surface area contributed by atoms with Crippen LogP contribution in [-0.4, -0.2) is 50.0 Å². The van der Waals surface area contributed by atoms with Crippen LogP contribution in [0.5, 0.6) is 0 Å². The third kappa shape index (κ3) is 5.26. The molecule has 0 aromatic rings. The number of amides is 2. The van der Waals surface area contributed by atoms with Crippen LogP contribution in [0.25, 0.3) is 0 Å². The van der Waals surface area contributed by atoms with Crippen LogP contribution in [0.15, 0.2) is 0 Å². The van der Waals surface area contributed by atoms with Gasteiger partial charge in [0.1, 0.15) is 6.54 Å². The monoisotopic (exact) mass is 282 g/mol. The van der Waals surface area contributed by atoms with E-state index in [-0.39, 0.29) is 6.04 Å². The van der Waals surface area contributed by atoms with Crippen LogP contribution in [0, 0.1) is 5.92 Å². The Morgan fingerprint density at radius 1 is 1.42 bits per heavy atom. The molecular formula is C12H21F3N2O2. The number of nitrogens with one attached hydrogen (secondary N) is 1. The van der Waals surface area contributed by atoms with Gasteiger partial charge in [-0.15, -0.1) is 0 Å². The minimum Gasteiger partial charge on any atom is -0.383 e. The molecule has 0 spiro atoms. The molecule has 0 heterocycles. The van der Waals surface area contributed by atoms with Crippen LogP contribution in [-0.2, 0) is 4.74 Å². The normalized spacial score (nSPS) is 23.4. The first-order chi connectivity index (χ1) is 8.85. The Bertz CT molecular complexity index is 297. The molecule has 0 radical (unpaired) electrons. The van der Waals surface area contributed by atoms with Crippen LogP contribution in [0.3, 0.4) is 0 Å². The molecule has 2 amide bonds. The molecule has 1 N–H and O–H groups in total. The van der Waals surface area contributed by atoms with E-state index in [4.69, 9.17) is 4.74 Å². The molecule has 1 saturated carbocycles. The Morgan fingerprint density at radius 3 is 2.58 bits per heavy atom. The lowest BCUT2D eigenvalue weighted by atomic mass is 10.1. The summed E-state index contributed by atoms with van der Waals surface area (Å²) in [5.74, 6) is 0.313. The molecule has 0 aromatic carbocycles. The summed E-state index contributed by atoms with van der Waals surface area (Å²) in [6.07, 6.45) is -1.54. The molecule has 112 valence electrons. The summed E-state index contributed by atoms with van der Waals surface area (Å²) in [7, 11) is 1.50. The minimum atomic E-state index is -4.39. The highest BCUT2D eigenvalue weighted by Gasteiger charge is 2.34. The van der Waals surface area contributed by atoms with E-state index < -0.39 is 18.8 Å². The molecule has 0 saturated heterocycles. The van der Waals surface area contributed by atoms with Gasteiger partial charge in [-0.25, -0.2) is 4.79 Å². The second kappa shape index (κ2) is 6.98. The molecule has 19 heavy (non-hydrogen) atoms. The maximum Gasteiger partial charge on any atom is 0.405 e. The van der Waals surface area contributed by atoms with Gasteiger partial charge in [0.15, 0.2) is 0 Å². The average Bonchev–Trinajstić information content (AvgIpc) is 2.73. The molecule has 1 rings (SSSR count). The van der Waals surface area contributed by atoms with Crippen molar-refractivity contribution in [2.75, 3.05) is 26.8 Å². The first-order valence-corrected chi connectivity index (χ1v) is 6.45. The van der Waals surface area contributed by atoms with E-state index in [2.05, 4.69) is 0 Å². The van der Waals surface area contributed by atoms with Gasteiger partial charge >= 0.3 is 12.2 Å². The summed E-state index contributed by atoms with van der Waals surface area (Å²) < 4.78 is 41.3. The van der Waals surface area contributed by atoms with Gasteiger partial charge in [0.2, 0.25) is 0 Å². The third-order valence-corrected chi connectivity index (χ3v) is 3.45. The van der Waals surface area contributed by atoms with Gasteiger partial charge in [-0.05, 0) is 18.8 Å². The van der Waals surface area contributed by atoms with Gasteiger partial charge in [-0.2, -0.15) is 13.2 Å². The van der Waals surface area contributed by atoms with Crippen molar-refractivity contribution in [1.29, 1.82) is 0 Å². The second-order valence-electron chi connectivity index (χ2n) is 4.94. The van der Waals surface area contributed by atoms with Gasteiger partial charge in [0, 0.05) is 19.7 Å². The van der Waals surface area contributed by atoms with Gasteiger partial charge < -0.3 is 15.0 Å². The van der Waals surface area contributed by atoms with Crippen LogP contribution < -0.4 is 5.32 Å². The largest absolute Gasteiger partial charge is 0.405 e. The number of halogens is 3. The summed E-state index contributed by atoms with van der Waals surface area (Å²) >= 11 is 0. The van der Waals surface area contributed by atoms with Crippen LogP contribution >= 0.6 is 0 Å². The lowest BCUT2D eigenvalue weighted by Crippen LogP contribution is -2.50. The Labute approximate surface area is 111 Å². The predicted octanol–water partition coefficient (Wildman–Crippen LogP) is 2.40. The average molecular weight is 282 g/mol. The van der Waals surface area contributed by atoms with Gasteiger partial charge in [-0.3, -0.25) is 0 Å². The fourth-order valence-corrected chi connectivity index (χ4v) is 2.47. The highest BCUT2D eigenvalue weighted by Crippen LogP contribution is 2.29. The highest BCUT2D eigenvalue weighted by molar-refractivity contribution is 5.74. The number of carbonyl (C=O) groups excluding carboxylic acids is 1. The van der Waals surface area contributed by atoms with Crippen molar-refractivity contribution in [2.45, 2.75) is 38.4 Å². The van der Waals surface area contributed by atoms with E-state index in [0.717, 1.165) is 19.3 Å². The Hall–Kier alpha value is -0.980. The van der Waals surface area contributed by atoms with Crippen LogP contribution in [0.2, 0.25) is 0 Å². The predicted molar refractivity (Wildman–Crippen MR) is 64.8 cm³/mol. The number of ether oxygens (including phenoxy) is 1. The third-order valence-electron chi connectivity index (χ3n) is 3.45. The molecule has 1 aliphatic carbocycles. The summed E-state index contributed by atoms with van der Waals surface area (Å²) in [5.41, 5.74) is 0. The number of rotatable bonds is 5. The zero-order chi connectivity index (χ0) is 14.5. The molecule has 1 fully saturated rings. The maximum atomic E-state index is 12.1. The van der Waals surface area contributed by atoms with Crippen molar-refractivity contribution >= 4 is 6.03 Å². The summed E-state index contributed by atoms with van der Waals surface area (Å²) in [6, 6.07) is -0.656. The Kier molecular flexibility index (Phi) is 5.90. The van der Waals surface area contributed by atoms with Gasteiger partial charge in [0.05, 0.1) is 6.61 Å². The standard InChI is InChI=1S/C12H21F3N2O2/c1-9-4-3-5-10(9)17(6-7-19-2)11(18)16-8-12(13,14)15/h9-10H,3-8H2,1-2H3,(H,16,18)/t9-,10+/m1/s1. The molecule has 0 aliphatic heterocycles. The number of urea groups is 1. The Balaban J connectivity index is 2.59. The molecule has 0 bridgehead atoms. The molecule has 1 aliphatic rings. The molecule has 0 unspecified atom stereocenters. The Morgan fingerprint density at radius 2 is 2.11 bits per heavy atom. The quantitative estimate of drug-likeness (QED) is 0.841. The van der Waals surface area contributed by atoms with Crippen molar-refractivity contribution in [3.63, 3.8) is 0 Å². The molecule has 7 heteroatoms. The number of hydrogen-bond donors (Lipinski definition) is 1. The summed E-state index contributed by atoms with van der Waals surface area (Å²) in [5, 5.41) is 1.94. The fourth-order valence-electron chi connectivity index (χ4n) is 2.47. The van der Waals surface area contributed by atoms with Crippen molar-refractivity contribution in [3.8, 4) is 0 Å². The molecule has 0 aromatic heterocycles. The maximum absolute atomic E-state index is 12.1. The first kappa shape index (κ1) is 16.1. The molecular weight excluding hydrogens is 261 g/mol. The zero-order valence-electron chi connectivity index (χ0n) is 11.3. The number of carbonyl (C=O) groups is 1. The lowest BCUT2D eigenvalue weighted by Gasteiger charge is -2.32. The number of methoxy groups -OCH3 is 1. The number of hydrogen-bond acceptors (Lipinski definition) is 2. The highest BCUT2D eigenvalue weighted by atomic mass is 19.4. The SMILES string of the molecule is COCCN(C(=O)NCC(F)(F)F)[C@H]1CCC[C@H]1C. The van der Waals surface area contributed by atoms with E-state index in [1.54, 1.807) is 0 Å². The van der Waals surface area contributed by atoms with Crippen LogP contribution in [0.4, 0.5) is 18.0 Å². The van der Waals surface area contributed by atoms with Gasteiger partial charge in [-0.1, -0.05) is 13.3 Å². The second-order valence-corrected chi connectivity index (χ2v) is 4.94. The smallest absolute Gasteiger partial charge is 0.383 e. The molecule has 2 atom stereocenters. The van der Waals surface area contributed by atoms with E-state index in [1.165, 1.54) is 12.0 Å². The minimum absolute atomic E-state index is 0.00313. The fraction of sp³-hybridized carbons (Fsp3) is 0.917. The van der Waals surface area contributed by atoms with Crippen molar-refractivity contribution in [3.05, 3.63) is 0 Å².